The number of nitrogens with zero attached hydrogens (tertiary/aromatic N) is 4. The molecule has 86 valence electrons. The summed E-state index contributed by atoms with van der Waals surface area (Å²) in [6.07, 6.45) is 2.72. The molecule has 0 aliphatic carbocycles. The number of carbonyl (C=O) groups excluding carboxylic acids is 1. The third-order valence-electron chi connectivity index (χ3n) is 2.26. The Kier molecular flexibility index (Phi) is 2.95. The molecule has 0 saturated heterocycles. The van der Waals surface area contributed by atoms with Gasteiger partial charge in [0.1, 0.15) is 6.33 Å². The summed E-state index contributed by atoms with van der Waals surface area (Å²) in [6, 6.07) is 5.49. The highest BCUT2D eigenvalue weighted by atomic mass is 16.1. The summed E-state index contributed by atoms with van der Waals surface area (Å²) in [7, 11) is 0. The third kappa shape index (κ3) is 2.36. The van der Waals surface area contributed by atoms with Crippen molar-refractivity contribution in [2.75, 3.05) is 5.32 Å². The smallest absolute Gasteiger partial charge is 0.247 e. The molecule has 0 unspecified atom stereocenters. The van der Waals surface area contributed by atoms with Crippen molar-refractivity contribution in [1.82, 2.24) is 20.2 Å². The van der Waals surface area contributed by atoms with E-state index in [0.29, 0.717) is 5.69 Å². The van der Waals surface area contributed by atoms with Gasteiger partial charge in [-0.3, -0.25) is 4.79 Å². The topological polar surface area (TPSA) is 72.7 Å². The van der Waals surface area contributed by atoms with Gasteiger partial charge in [0.2, 0.25) is 5.91 Å². The van der Waals surface area contributed by atoms with E-state index in [2.05, 4.69) is 27.4 Å². The Morgan fingerprint density at radius 3 is 3.00 bits per heavy atom. The fourth-order valence-electron chi connectivity index (χ4n) is 1.40. The lowest BCUT2D eigenvalue weighted by molar-refractivity contribution is -0.111. The van der Waals surface area contributed by atoms with Crippen LogP contribution in [0, 0.1) is 6.92 Å². The van der Waals surface area contributed by atoms with Crippen LogP contribution in [-0.4, -0.2) is 26.1 Å². The monoisotopic (exact) mass is 229 g/mol. The number of rotatable bonds is 3. The highest BCUT2D eigenvalue weighted by Crippen LogP contribution is 2.18. The predicted molar refractivity (Wildman–Crippen MR) is 62.7 cm³/mol. The molecule has 0 radical (unpaired) electrons. The van der Waals surface area contributed by atoms with Gasteiger partial charge in [-0.25, -0.2) is 4.68 Å². The standard InChI is InChI=1S/C11H11N5O/c1-3-11(17)13-9-5-4-8(2)10(6-9)16-7-12-14-15-16/h3-7H,1H2,2H3,(H,13,17). The molecule has 0 aliphatic rings. The molecule has 0 spiro atoms. The Balaban J connectivity index is 2.36. The summed E-state index contributed by atoms with van der Waals surface area (Å²) < 4.78 is 1.54. The number of hydrogen-bond donors (Lipinski definition) is 1. The number of anilines is 1. The van der Waals surface area contributed by atoms with Crippen LogP contribution in [0.2, 0.25) is 0 Å². The van der Waals surface area contributed by atoms with Gasteiger partial charge in [0.25, 0.3) is 0 Å². The van der Waals surface area contributed by atoms with Crippen molar-refractivity contribution in [2.45, 2.75) is 6.92 Å². The van der Waals surface area contributed by atoms with E-state index in [9.17, 15) is 4.79 Å². The number of aromatic nitrogens is 4. The molecule has 6 nitrogen and oxygen atoms in total. The molecule has 0 aliphatic heterocycles. The quantitative estimate of drug-likeness (QED) is 0.800. The molecule has 1 amide bonds. The first-order valence-corrected chi connectivity index (χ1v) is 4.98. The van der Waals surface area contributed by atoms with E-state index in [-0.39, 0.29) is 5.91 Å². The van der Waals surface area contributed by atoms with Crippen molar-refractivity contribution in [3.8, 4) is 5.69 Å². The predicted octanol–water partition coefficient (Wildman–Crippen LogP) is 1.10. The summed E-state index contributed by atoms with van der Waals surface area (Å²) in [5.41, 5.74) is 2.50. The minimum atomic E-state index is -0.253. The molecular weight excluding hydrogens is 218 g/mol. The SMILES string of the molecule is C=CC(=O)Nc1ccc(C)c(-n2cnnn2)c1. The van der Waals surface area contributed by atoms with Gasteiger partial charge >= 0.3 is 0 Å². The first-order valence-electron chi connectivity index (χ1n) is 4.98. The van der Waals surface area contributed by atoms with Gasteiger partial charge in [-0.2, -0.15) is 0 Å². The maximum atomic E-state index is 11.2. The Hall–Kier alpha value is -2.50. The normalized spacial score (nSPS) is 9.94. The second kappa shape index (κ2) is 4.56. The van der Waals surface area contributed by atoms with Gasteiger partial charge in [0.05, 0.1) is 5.69 Å². The van der Waals surface area contributed by atoms with Crippen LogP contribution < -0.4 is 5.32 Å². The van der Waals surface area contributed by atoms with Crippen LogP contribution in [-0.2, 0) is 4.79 Å². The second-order valence-corrected chi connectivity index (χ2v) is 3.45. The molecule has 0 bridgehead atoms. The Labute approximate surface area is 98.0 Å². The number of aryl methyl sites for hydroxylation is 1. The van der Waals surface area contributed by atoms with E-state index in [0.717, 1.165) is 11.3 Å². The minimum absolute atomic E-state index is 0.253. The number of nitrogens with one attached hydrogen (secondary N) is 1. The zero-order valence-corrected chi connectivity index (χ0v) is 9.29. The number of benzene rings is 1. The highest BCUT2D eigenvalue weighted by Gasteiger charge is 2.05. The second-order valence-electron chi connectivity index (χ2n) is 3.45. The molecular formula is C11H11N5O. The van der Waals surface area contributed by atoms with Crippen LogP contribution in [0.25, 0.3) is 5.69 Å². The first kappa shape index (κ1) is 11.0. The summed E-state index contributed by atoms with van der Waals surface area (Å²) >= 11 is 0. The lowest BCUT2D eigenvalue weighted by Crippen LogP contribution is -2.08. The van der Waals surface area contributed by atoms with Crippen molar-refractivity contribution in [3.63, 3.8) is 0 Å². The Morgan fingerprint density at radius 1 is 1.53 bits per heavy atom. The van der Waals surface area contributed by atoms with Crippen LogP contribution in [0.1, 0.15) is 5.56 Å². The largest absolute Gasteiger partial charge is 0.322 e. The van der Waals surface area contributed by atoms with Crippen LogP contribution in [0.4, 0.5) is 5.69 Å². The zero-order valence-electron chi connectivity index (χ0n) is 9.29. The molecule has 17 heavy (non-hydrogen) atoms. The average molecular weight is 229 g/mol. The van der Waals surface area contributed by atoms with E-state index in [1.807, 2.05) is 19.1 Å². The number of hydrogen-bond acceptors (Lipinski definition) is 4. The van der Waals surface area contributed by atoms with Gasteiger partial charge in [-0.1, -0.05) is 12.6 Å². The van der Waals surface area contributed by atoms with Gasteiger partial charge in [0.15, 0.2) is 0 Å². The van der Waals surface area contributed by atoms with Crippen molar-refractivity contribution in [1.29, 1.82) is 0 Å². The molecule has 0 fully saturated rings. The molecule has 0 atom stereocenters. The first-order chi connectivity index (χ1) is 8.20. The maximum absolute atomic E-state index is 11.2. The molecule has 1 N–H and O–H groups in total. The Morgan fingerprint density at radius 2 is 2.35 bits per heavy atom. The molecule has 1 aromatic carbocycles. The number of tetrazole rings is 1. The van der Waals surface area contributed by atoms with E-state index in [1.54, 1.807) is 10.7 Å². The molecule has 0 saturated carbocycles. The molecule has 2 aromatic rings. The van der Waals surface area contributed by atoms with E-state index >= 15 is 0 Å². The van der Waals surface area contributed by atoms with Gasteiger partial charge in [-0.15, -0.1) is 5.10 Å². The molecule has 1 aromatic heterocycles. The lowest BCUT2D eigenvalue weighted by Gasteiger charge is -2.08. The Bertz CT molecular complexity index is 547. The van der Waals surface area contributed by atoms with Crippen LogP contribution >= 0.6 is 0 Å². The van der Waals surface area contributed by atoms with Crippen LogP contribution in [0.3, 0.4) is 0 Å². The number of carbonyl (C=O) groups is 1. The fraction of sp³-hybridized carbons (Fsp3) is 0.0909. The number of amides is 1. The fourth-order valence-corrected chi connectivity index (χ4v) is 1.40. The van der Waals surface area contributed by atoms with E-state index < -0.39 is 0 Å². The molecule has 6 heteroatoms. The summed E-state index contributed by atoms with van der Waals surface area (Å²) in [5.74, 6) is -0.253. The van der Waals surface area contributed by atoms with Gasteiger partial charge < -0.3 is 5.32 Å². The molecule has 2 rings (SSSR count). The van der Waals surface area contributed by atoms with Crippen molar-refractivity contribution in [3.05, 3.63) is 42.7 Å². The zero-order chi connectivity index (χ0) is 12.3. The van der Waals surface area contributed by atoms with Gasteiger partial charge in [0, 0.05) is 5.69 Å². The van der Waals surface area contributed by atoms with Crippen molar-refractivity contribution in [2.24, 2.45) is 0 Å². The van der Waals surface area contributed by atoms with E-state index in [1.165, 1.54) is 12.4 Å². The minimum Gasteiger partial charge on any atom is -0.322 e. The summed E-state index contributed by atoms with van der Waals surface area (Å²) in [6.45, 7) is 5.34. The summed E-state index contributed by atoms with van der Waals surface area (Å²) in [4.78, 5) is 11.2. The maximum Gasteiger partial charge on any atom is 0.247 e. The van der Waals surface area contributed by atoms with Crippen molar-refractivity contribution < 1.29 is 4.79 Å². The van der Waals surface area contributed by atoms with Gasteiger partial charge in [-0.05, 0) is 41.1 Å². The highest BCUT2D eigenvalue weighted by molar-refractivity contribution is 5.99. The lowest BCUT2D eigenvalue weighted by atomic mass is 10.2. The summed E-state index contributed by atoms with van der Waals surface area (Å²) in [5, 5.41) is 13.6. The average Bonchev–Trinajstić information content (AvgIpc) is 2.85. The van der Waals surface area contributed by atoms with Crippen LogP contribution in [0.5, 0.6) is 0 Å². The van der Waals surface area contributed by atoms with Crippen LogP contribution in [0.15, 0.2) is 37.2 Å². The third-order valence-corrected chi connectivity index (χ3v) is 2.26. The molecule has 1 heterocycles. The van der Waals surface area contributed by atoms with Crippen molar-refractivity contribution >= 4 is 11.6 Å². The van der Waals surface area contributed by atoms with E-state index in [4.69, 9.17) is 0 Å².